The first-order valence-electron chi connectivity index (χ1n) is 9.75. The van der Waals surface area contributed by atoms with Crippen molar-refractivity contribution >= 4 is 21.7 Å². The molecule has 0 aromatic heterocycles. The largest absolute Gasteiger partial charge is 0.255 e. The standard InChI is InChI=1S/C19H42N3P2/c1-13(2)20(14(3)4)19-23-22(17(9)10,18(11)12)24(19)21(15(5)6)16(7)8/h13-18H,1-12H3/q+1. The zero-order valence-corrected chi connectivity index (χ0v) is 20.0. The Labute approximate surface area is 155 Å². The molecule has 0 saturated carbocycles. The van der Waals surface area contributed by atoms with E-state index >= 15 is 0 Å². The maximum atomic E-state index is 2.82. The molecule has 0 aromatic rings. The molecule has 24 heavy (non-hydrogen) atoms. The number of rotatable bonds is 8. The predicted molar refractivity (Wildman–Crippen MR) is 114 cm³/mol. The van der Waals surface area contributed by atoms with E-state index in [1.807, 2.05) is 0 Å². The van der Waals surface area contributed by atoms with Crippen molar-refractivity contribution in [1.29, 1.82) is 0 Å². The number of quaternary nitrogens is 1. The lowest BCUT2D eigenvalue weighted by molar-refractivity contribution is -0.726. The van der Waals surface area contributed by atoms with Crippen LogP contribution in [0.5, 0.6) is 0 Å². The van der Waals surface area contributed by atoms with Crippen molar-refractivity contribution in [2.45, 2.75) is 119 Å². The normalized spacial score (nSPS) is 21.8. The summed E-state index contributed by atoms with van der Waals surface area (Å²) in [6.45, 7) is 28.6. The van der Waals surface area contributed by atoms with Gasteiger partial charge < -0.3 is 0 Å². The first-order valence-corrected chi connectivity index (χ1v) is 11.8. The molecule has 0 N–H and O–H groups in total. The molecule has 0 aromatic carbocycles. The van der Waals surface area contributed by atoms with E-state index in [2.05, 4.69) is 92.7 Å². The van der Waals surface area contributed by atoms with Crippen LogP contribution in [0.4, 0.5) is 0 Å². The minimum absolute atomic E-state index is 0.333. The average molecular weight is 375 g/mol. The smallest absolute Gasteiger partial charge is 0.248 e. The highest BCUT2D eigenvalue weighted by atomic mass is 31.2. The quantitative estimate of drug-likeness (QED) is 0.471. The molecule has 1 aliphatic rings. The van der Waals surface area contributed by atoms with Gasteiger partial charge in [-0.3, -0.25) is 4.90 Å². The molecule has 3 nitrogen and oxygen atoms in total. The first-order chi connectivity index (χ1) is 10.9. The van der Waals surface area contributed by atoms with Crippen molar-refractivity contribution in [2.24, 2.45) is 0 Å². The van der Waals surface area contributed by atoms with E-state index in [0.29, 0.717) is 36.3 Å². The second-order valence-electron chi connectivity index (χ2n) is 8.74. The summed E-state index contributed by atoms with van der Waals surface area (Å²) in [5, 5.41) is 1.69. The minimum Gasteiger partial charge on any atom is -0.255 e. The lowest BCUT2D eigenvalue weighted by Gasteiger charge is -2.58. The highest BCUT2D eigenvalue weighted by Crippen LogP contribution is 2.71. The Balaban J connectivity index is 3.51. The molecule has 0 radical (unpaired) electrons. The van der Waals surface area contributed by atoms with E-state index < -0.39 is 0 Å². The summed E-state index contributed by atoms with van der Waals surface area (Å²) in [7, 11) is 1.20. The van der Waals surface area contributed by atoms with Gasteiger partial charge >= 0.3 is 0 Å². The van der Waals surface area contributed by atoms with Crippen molar-refractivity contribution < 1.29 is 4.02 Å². The molecule has 5 heteroatoms. The van der Waals surface area contributed by atoms with Crippen LogP contribution in [0.25, 0.3) is 0 Å². The summed E-state index contributed by atoms with van der Waals surface area (Å²) in [5.74, 6) is 0. The van der Waals surface area contributed by atoms with Crippen LogP contribution in [0.3, 0.4) is 0 Å². The Morgan fingerprint density at radius 1 is 0.667 bits per heavy atom. The van der Waals surface area contributed by atoms with Crippen LogP contribution in [0.2, 0.25) is 0 Å². The average Bonchev–Trinajstić information content (AvgIpc) is 2.36. The minimum atomic E-state index is -0.333. The monoisotopic (exact) mass is 374 g/mol. The molecule has 1 atom stereocenters. The summed E-state index contributed by atoms with van der Waals surface area (Å²) in [6, 6.07) is 3.61. The molecule has 0 amide bonds. The molecule has 1 rings (SSSR count). The molecule has 1 heterocycles. The third-order valence-electron chi connectivity index (χ3n) is 4.87. The molecule has 0 bridgehead atoms. The lowest BCUT2D eigenvalue weighted by atomic mass is 10.2. The molecule has 0 aliphatic carbocycles. The van der Waals surface area contributed by atoms with Gasteiger partial charge in [0, 0.05) is 24.2 Å². The fourth-order valence-corrected chi connectivity index (χ4v) is 10.7. The van der Waals surface area contributed by atoms with E-state index in [-0.39, 0.29) is 8.22 Å². The van der Waals surface area contributed by atoms with Gasteiger partial charge in [-0.1, -0.05) is 0 Å². The molecule has 0 fully saturated rings. The van der Waals surface area contributed by atoms with Gasteiger partial charge in [-0.25, -0.2) is 8.69 Å². The van der Waals surface area contributed by atoms with Crippen LogP contribution < -0.4 is 0 Å². The molecule has 1 unspecified atom stereocenters. The van der Waals surface area contributed by atoms with E-state index in [0.717, 1.165) is 0 Å². The van der Waals surface area contributed by atoms with Gasteiger partial charge in [0.2, 0.25) is 8.22 Å². The topological polar surface area (TPSA) is 6.48 Å². The maximum absolute atomic E-state index is 2.82. The first kappa shape index (κ1) is 22.5. The van der Waals surface area contributed by atoms with Gasteiger partial charge in [0.25, 0.3) is 0 Å². The van der Waals surface area contributed by atoms with E-state index in [1.54, 1.807) is 5.16 Å². The maximum Gasteiger partial charge on any atom is 0.248 e. The van der Waals surface area contributed by atoms with Crippen LogP contribution in [-0.2, 0) is 0 Å². The zero-order chi connectivity index (χ0) is 19.0. The third kappa shape index (κ3) is 3.91. The molecule has 1 aliphatic heterocycles. The van der Waals surface area contributed by atoms with Crippen molar-refractivity contribution in [3.63, 3.8) is 0 Å². The Morgan fingerprint density at radius 2 is 1.04 bits per heavy atom. The van der Waals surface area contributed by atoms with E-state index in [1.165, 1.54) is 12.4 Å². The molecule has 0 saturated heterocycles. The summed E-state index contributed by atoms with van der Waals surface area (Å²) in [4.78, 5) is 2.70. The summed E-state index contributed by atoms with van der Waals surface area (Å²) < 4.78 is 4.05. The van der Waals surface area contributed by atoms with Crippen molar-refractivity contribution in [2.75, 3.05) is 0 Å². The van der Waals surface area contributed by atoms with Crippen LogP contribution in [-0.4, -0.2) is 55.0 Å². The van der Waals surface area contributed by atoms with Crippen LogP contribution in [0.15, 0.2) is 0 Å². The summed E-state index contributed by atoms with van der Waals surface area (Å²) in [6.07, 6.45) is 0. The van der Waals surface area contributed by atoms with Crippen LogP contribution in [0.1, 0.15) is 83.1 Å². The highest BCUT2D eigenvalue weighted by molar-refractivity contribution is 7.87. The SMILES string of the molecule is CC(C)N(C1=P[N+](C(C)C)(C(C)C)P1N(C(C)C)C(C)C)C(C)C. The summed E-state index contributed by atoms with van der Waals surface area (Å²) >= 11 is 0. The molecule has 0 spiro atoms. The Morgan fingerprint density at radius 3 is 1.29 bits per heavy atom. The Bertz CT molecular complexity index is 418. The molecular formula is C19H42N3P2+. The van der Waals surface area contributed by atoms with Gasteiger partial charge in [-0.15, -0.1) is 0 Å². The van der Waals surface area contributed by atoms with Crippen molar-refractivity contribution in [3.05, 3.63) is 0 Å². The fraction of sp³-hybridized carbons (Fsp3) is 0.947. The van der Waals surface area contributed by atoms with Crippen molar-refractivity contribution in [1.82, 2.24) is 9.57 Å². The van der Waals surface area contributed by atoms with Gasteiger partial charge in [0.05, 0.1) is 12.1 Å². The summed E-state index contributed by atoms with van der Waals surface area (Å²) in [5.41, 5.74) is 0. The zero-order valence-electron chi connectivity index (χ0n) is 18.2. The number of hydrogen-bond donors (Lipinski definition) is 0. The molecule has 142 valence electrons. The third-order valence-corrected chi connectivity index (χ3v) is 11.6. The Kier molecular flexibility index (Phi) is 7.93. The Hall–Kier alpha value is 0.480. The van der Waals surface area contributed by atoms with Gasteiger partial charge in [0.15, 0.2) is 13.5 Å². The van der Waals surface area contributed by atoms with Gasteiger partial charge in [-0.2, -0.15) is 0 Å². The van der Waals surface area contributed by atoms with Crippen LogP contribution >= 0.6 is 16.6 Å². The predicted octanol–water partition coefficient (Wildman–Crippen LogP) is 6.13. The highest BCUT2D eigenvalue weighted by Gasteiger charge is 2.60. The lowest BCUT2D eigenvalue weighted by Crippen LogP contribution is -2.61. The van der Waals surface area contributed by atoms with E-state index in [9.17, 15) is 0 Å². The number of hydrogen-bond acceptors (Lipinski definition) is 2. The second kappa shape index (κ2) is 8.45. The number of nitrogens with zero attached hydrogens (tertiary/aromatic N) is 3. The van der Waals surface area contributed by atoms with Gasteiger partial charge in [-0.05, 0) is 83.1 Å². The van der Waals surface area contributed by atoms with Crippen LogP contribution in [0, 0.1) is 0 Å². The second-order valence-corrected chi connectivity index (χ2v) is 12.8. The van der Waals surface area contributed by atoms with Crippen molar-refractivity contribution in [3.8, 4) is 0 Å². The van der Waals surface area contributed by atoms with Gasteiger partial charge in [0.1, 0.15) is 0 Å². The van der Waals surface area contributed by atoms with E-state index in [4.69, 9.17) is 0 Å². The molecular weight excluding hydrogens is 332 g/mol. The fourth-order valence-electron chi connectivity index (χ4n) is 4.11.